The molecule has 0 radical (unpaired) electrons. The van der Waals surface area contributed by atoms with Crippen LogP contribution in [0.25, 0.3) is 0 Å². The number of nitrogens with zero attached hydrogens (tertiary/aromatic N) is 2. The van der Waals surface area contributed by atoms with Gasteiger partial charge in [-0.25, -0.2) is 0 Å². The van der Waals surface area contributed by atoms with E-state index in [1.54, 1.807) is 24.3 Å². The summed E-state index contributed by atoms with van der Waals surface area (Å²) in [6.07, 6.45) is 4.18. The van der Waals surface area contributed by atoms with Crippen molar-refractivity contribution < 1.29 is 4.79 Å². The molecule has 0 fully saturated rings. The Morgan fingerprint density at radius 3 is 2.50 bits per heavy atom. The van der Waals surface area contributed by atoms with Gasteiger partial charge in [0.25, 0.3) is 5.91 Å². The first-order chi connectivity index (χ1) is 8.70. The molecule has 2 aromatic rings. The number of aromatic amines is 1. The molecule has 0 aliphatic heterocycles. The molecular formula is C14H17N3O. The van der Waals surface area contributed by atoms with Crippen molar-refractivity contribution in [3.05, 3.63) is 53.3 Å². The number of hydrogen-bond acceptors (Lipinski definition) is 2. The Hall–Kier alpha value is -2.10. The van der Waals surface area contributed by atoms with E-state index in [9.17, 15) is 4.79 Å². The van der Waals surface area contributed by atoms with Gasteiger partial charge in [0, 0.05) is 19.8 Å². The normalized spacial score (nSPS) is 10.3. The zero-order valence-electron chi connectivity index (χ0n) is 10.7. The fourth-order valence-corrected chi connectivity index (χ4v) is 1.81. The average Bonchev–Trinajstić information content (AvgIpc) is 2.92. The molecule has 0 unspecified atom stereocenters. The molecule has 1 amide bonds. The molecule has 4 heteroatoms. The summed E-state index contributed by atoms with van der Waals surface area (Å²) in [4.78, 5) is 13.7. The zero-order valence-corrected chi connectivity index (χ0v) is 10.7. The van der Waals surface area contributed by atoms with Crippen molar-refractivity contribution in [2.75, 3.05) is 7.05 Å². The van der Waals surface area contributed by atoms with E-state index in [4.69, 9.17) is 0 Å². The van der Waals surface area contributed by atoms with Crippen LogP contribution >= 0.6 is 0 Å². The maximum Gasteiger partial charge on any atom is 0.257 e. The Balaban J connectivity index is 2.02. The molecule has 1 aromatic carbocycles. The largest absolute Gasteiger partial charge is 0.337 e. The first kappa shape index (κ1) is 12.4. The van der Waals surface area contributed by atoms with Crippen molar-refractivity contribution in [3.8, 4) is 0 Å². The lowest BCUT2D eigenvalue weighted by atomic mass is 10.1. The molecule has 0 aliphatic carbocycles. The molecule has 0 saturated carbocycles. The number of benzene rings is 1. The third kappa shape index (κ3) is 2.77. The van der Waals surface area contributed by atoms with Gasteiger partial charge < -0.3 is 4.90 Å². The molecule has 0 atom stereocenters. The molecule has 94 valence electrons. The molecule has 1 aromatic heterocycles. The number of H-pyrrole nitrogens is 1. The minimum atomic E-state index is -0.0247. The second kappa shape index (κ2) is 5.49. The second-order valence-corrected chi connectivity index (χ2v) is 4.32. The van der Waals surface area contributed by atoms with Crippen molar-refractivity contribution >= 4 is 5.91 Å². The number of carbonyl (C=O) groups is 1. The number of amides is 1. The number of rotatable bonds is 4. The van der Waals surface area contributed by atoms with Gasteiger partial charge in [-0.1, -0.05) is 31.2 Å². The van der Waals surface area contributed by atoms with E-state index in [2.05, 4.69) is 41.4 Å². The maximum atomic E-state index is 12.0. The standard InChI is InChI=1S/C14H17N3O/c1-3-11-4-6-12(7-5-11)10-17(2)14(18)13-8-15-16-9-13/h4-9H,3,10H2,1-2H3,(H,15,16). The van der Waals surface area contributed by atoms with E-state index in [-0.39, 0.29) is 5.91 Å². The predicted molar refractivity (Wildman–Crippen MR) is 70.2 cm³/mol. The monoisotopic (exact) mass is 243 g/mol. The molecule has 4 nitrogen and oxygen atoms in total. The van der Waals surface area contributed by atoms with Crippen molar-refractivity contribution in [2.45, 2.75) is 19.9 Å². The number of hydrogen-bond donors (Lipinski definition) is 1. The van der Waals surface area contributed by atoms with Crippen LogP contribution in [0.15, 0.2) is 36.7 Å². The summed E-state index contributed by atoms with van der Waals surface area (Å²) in [5, 5.41) is 6.43. The van der Waals surface area contributed by atoms with Crippen LogP contribution in [0, 0.1) is 0 Å². The van der Waals surface area contributed by atoms with Gasteiger partial charge in [-0.15, -0.1) is 0 Å². The Bertz CT molecular complexity index is 502. The smallest absolute Gasteiger partial charge is 0.257 e. The third-order valence-corrected chi connectivity index (χ3v) is 2.94. The number of aromatic nitrogens is 2. The summed E-state index contributed by atoms with van der Waals surface area (Å²) >= 11 is 0. The average molecular weight is 243 g/mol. The van der Waals surface area contributed by atoms with Crippen LogP contribution in [0.4, 0.5) is 0 Å². The zero-order chi connectivity index (χ0) is 13.0. The summed E-state index contributed by atoms with van der Waals surface area (Å²) < 4.78 is 0. The van der Waals surface area contributed by atoms with Crippen molar-refractivity contribution in [1.82, 2.24) is 15.1 Å². The van der Waals surface area contributed by atoms with E-state index >= 15 is 0 Å². The van der Waals surface area contributed by atoms with E-state index in [0.717, 1.165) is 12.0 Å². The molecule has 2 rings (SSSR count). The lowest BCUT2D eigenvalue weighted by molar-refractivity contribution is 0.0785. The fourth-order valence-electron chi connectivity index (χ4n) is 1.81. The minimum absolute atomic E-state index is 0.0247. The highest BCUT2D eigenvalue weighted by Gasteiger charge is 2.12. The summed E-state index contributed by atoms with van der Waals surface area (Å²) in [5.41, 5.74) is 3.02. The lowest BCUT2D eigenvalue weighted by Crippen LogP contribution is -2.25. The summed E-state index contributed by atoms with van der Waals surface area (Å²) in [5.74, 6) is -0.0247. The van der Waals surface area contributed by atoms with Gasteiger partial charge in [-0.05, 0) is 17.5 Å². The van der Waals surface area contributed by atoms with Crippen molar-refractivity contribution in [1.29, 1.82) is 0 Å². The molecule has 1 heterocycles. The highest BCUT2D eigenvalue weighted by molar-refractivity contribution is 5.93. The first-order valence-corrected chi connectivity index (χ1v) is 6.02. The van der Waals surface area contributed by atoms with Crippen LogP contribution in [-0.4, -0.2) is 28.1 Å². The number of aryl methyl sites for hydroxylation is 1. The van der Waals surface area contributed by atoms with Crippen LogP contribution < -0.4 is 0 Å². The quantitative estimate of drug-likeness (QED) is 0.895. The van der Waals surface area contributed by atoms with Gasteiger partial charge >= 0.3 is 0 Å². The highest BCUT2D eigenvalue weighted by Crippen LogP contribution is 2.09. The van der Waals surface area contributed by atoms with Crippen LogP contribution in [0.3, 0.4) is 0 Å². The van der Waals surface area contributed by atoms with Gasteiger partial charge in [0.1, 0.15) is 0 Å². The van der Waals surface area contributed by atoms with Crippen LogP contribution in [-0.2, 0) is 13.0 Å². The lowest BCUT2D eigenvalue weighted by Gasteiger charge is -2.16. The SMILES string of the molecule is CCc1ccc(CN(C)C(=O)c2cn[nH]c2)cc1. The van der Waals surface area contributed by atoms with Gasteiger partial charge in [-0.2, -0.15) is 5.10 Å². The van der Waals surface area contributed by atoms with E-state index < -0.39 is 0 Å². The highest BCUT2D eigenvalue weighted by atomic mass is 16.2. The number of carbonyl (C=O) groups excluding carboxylic acids is 1. The Kier molecular flexibility index (Phi) is 3.77. The van der Waals surface area contributed by atoms with Crippen molar-refractivity contribution in [3.63, 3.8) is 0 Å². The summed E-state index contributed by atoms with van der Waals surface area (Å²) in [6.45, 7) is 2.73. The van der Waals surface area contributed by atoms with Crippen LogP contribution in [0.2, 0.25) is 0 Å². The van der Waals surface area contributed by atoms with E-state index in [1.165, 1.54) is 5.56 Å². The molecule has 18 heavy (non-hydrogen) atoms. The minimum Gasteiger partial charge on any atom is -0.337 e. The number of nitrogens with one attached hydrogen (secondary N) is 1. The molecule has 0 aliphatic rings. The van der Waals surface area contributed by atoms with Crippen LogP contribution in [0.1, 0.15) is 28.4 Å². The van der Waals surface area contributed by atoms with Gasteiger partial charge in [0.05, 0.1) is 11.8 Å². The fraction of sp³-hybridized carbons (Fsp3) is 0.286. The third-order valence-electron chi connectivity index (χ3n) is 2.94. The molecule has 0 saturated heterocycles. The summed E-state index contributed by atoms with van der Waals surface area (Å²) in [6, 6.07) is 8.34. The van der Waals surface area contributed by atoms with Gasteiger partial charge in [0.2, 0.25) is 0 Å². The van der Waals surface area contributed by atoms with Gasteiger partial charge in [-0.3, -0.25) is 9.89 Å². The van der Waals surface area contributed by atoms with Crippen molar-refractivity contribution in [2.24, 2.45) is 0 Å². The Morgan fingerprint density at radius 2 is 1.94 bits per heavy atom. The van der Waals surface area contributed by atoms with Gasteiger partial charge in [0.15, 0.2) is 0 Å². The predicted octanol–water partition coefficient (Wildman–Crippen LogP) is 2.24. The first-order valence-electron chi connectivity index (χ1n) is 6.02. The molecule has 0 bridgehead atoms. The topological polar surface area (TPSA) is 49.0 Å². The Labute approximate surface area is 107 Å². The Morgan fingerprint density at radius 1 is 1.28 bits per heavy atom. The molecule has 1 N–H and O–H groups in total. The molecular weight excluding hydrogens is 226 g/mol. The van der Waals surface area contributed by atoms with E-state index in [0.29, 0.717) is 12.1 Å². The molecule has 0 spiro atoms. The second-order valence-electron chi connectivity index (χ2n) is 4.32. The van der Waals surface area contributed by atoms with E-state index in [1.807, 2.05) is 0 Å². The van der Waals surface area contributed by atoms with Crippen LogP contribution in [0.5, 0.6) is 0 Å². The summed E-state index contributed by atoms with van der Waals surface area (Å²) in [7, 11) is 1.79. The maximum absolute atomic E-state index is 12.0.